The summed E-state index contributed by atoms with van der Waals surface area (Å²) in [4.78, 5) is 23.7. The van der Waals surface area contributed by atoms with Gasteiger partial charge in [-0.2, -0.15) is 18.2 Å². The van der Waals surface area contributed by atoms with Crippen LogP contribution in [0.15, 0.2) is 42.6 Å². The summed E-state index contributed by atoms with van der Waals surface area (Å²) in [5.74, 6) is -1.96. The van der Waals surface area contributed by atoms with Crippen molar-refractivity contribution in [2.24, 2.45) is 0 Å². The van der Waals surface area contributed by atoms with Crippen LogP contribution in [0.4, 0.5) is 24.7 Å². The number of carbonyl (C=O) groups is 1. The summed E-state index contributed by atoms with van der Waals surface area (Å²) < 4.78 is 50.8. The van der Waals surface area contributed by atoms with E-state index in [9.17, 15) is 18.0 Å². The van der Waals surface area contributed by atoms with E-state index in [2.05, 4.69) is 25.0 Å². The molecule has 0 aliphatic heterocycles. The smallest absolute Gasteiger partial charge is 0.425 e. The van der Waals surface area contributed by atoms with Crippen LogP contribution in [-0.4, -0.2) is 35.1 Å². The monoisotopic (exact) mass is 418 g/mol. The lowest BCUT2D eigenvalue weighted by molar-refractivity contribution is -0.138. The van der Waals surface area contributed by atoms with E-state index >= 15 is 0 Å². The molecule has 2 aromatic heterocycles. The zero-order valence-corrected chi connectivity index (χ0v) is 16.2. The fraction of sp³-hybridized carbons (Fsp3) is 0.200. The Balaban J connectivity index is 2.16. The van der Waals surface area contributed by atoms with Crippen LogP contribution in [0.3, 0.4) is 0 Å². The molecule has 1 aromatic carbocycles. The van der Waals surface area contributed by atoms with E-state index < -0.39 is 29.4 Å². The topological polar surface area (TPSA) is 86.2 Å². The molecule has 0 radical (unpaired) electrons. The van der Waals surface area contributed by atoms with E-state index in [4.69, 9.17) is 4.74 Å². The molecule has 0 unspecified atom stereocenters. The number of carbonyl (C=O) groups excluding carboxylic acids is 1. The number of benzene rings is 1. The summed E-state index contributed by atoms with van der Waals surface area (Å²) in [6.07, 6.45) is -3.47. The number of esters is 1. The third-order valence-electron chi connectivity index (χ3n) is 4.08. The number of aryl methyl sites for hydroxylation is 1. The highest BCUT2D eigenvalue weighted by molar-refractivity contribution is 5.90. The Morgan fingerprint density at radius 2 is 1.77 bits per heavy atom. The first-order valence-corrected chi connectivity index (χ1v) is 8.64. The SMILES string of the molecule is COC(=O)c1ccnc(-c2nc(Nc3ccc(C)cc3)c(C(F)(F)F)c(OC)n2)c1. The lowest BCUT2D eigenvalue weighted by Crippen LogP contribution is -2.15. The van der Waals surface area contributed by atoms with Crippen LogP contribution in [0, 0.1) is 6.92 Å². The number of nitrogens with one attached hydrogen (secondary N) is 1. The van der Waals surface area contributed by atoms with Crippen molar-refractivity contribution in [1.82, 2.24) is 15.0 Å². The molecule has 30 heavy (non-hydrogen) atoms. The summed E-state index contributed by atoms with van der Waals surface area (Å²) in [5, 5.41) is 2.67. The summed E-state index contributed by atoms with van der Waals surface area (Å²) in [7, 11) is 2.29. The molecule has 0 saturated carbocycles. The lowest BCUT2D eigenvalue weighted by atomic mass is 10.2. The van der Waals surface area contributed by atoms with Gasteiger partial charge in [0.15, 0.2) is 17.2 Å². The van der Waals surface area contributed by atoms with E-state index in [1.807, 2.05) is 6.92 Å². The minimum Gasteiger partial charge on any atom is -0.480 e. The molecule has 0 fully saturated rings. The van der Waals surface area contributed by atoms with Crippen LogP contribution >= 0.6 is 0 Å². The van der Waals surface area contributed by atoms with Crippen molar-refractivity contribution in [1.29, 1.82) is 0 Å². The number of anilines is 2. The highest BCUT2D eigenvalue weighted by Crippen LogP contribution is 2.41. The number of ether oxygens (including phenoxy) is 2. The molecule has 0 saturated heterocycles. The van der Waals surface area contributed by atoms with Crippen molar-refractivity contribution < 1.29 is 27.4 Å². The molecule has 10 heteroatoms. The molecule has 7 nitrogen and oxygen atoms in total. The second kappa shape index (κ2) is 8.36. The highest BCUT2D eigenvalue weighted by atomic mass is 19.4. The summed E-state index contributed by atoms with van der Waals surface area (Å²) in [5.41, 5.74) is 0.420. The zero-order valence-electron chi connectivity index (χ0n) is 16.2. The number of rotatable bonds is 5. The fourth-order valence-corrected chi connectivity index (χ4v) is 2.62. The van der Waals surface area contributed by atoms with Crippen LogP contribution in [0.5, 0.6) is 5.88 Å². The van der Waals surface area contributed by atoms with Gasteiger partial charge in [0.2, 0.25) is 5.88 Å². The van der Waals surface area contributed by atoms with Gasteiger partial charge in [-0.05, 0) is 31.2 Å². The van der Waals surface area contributed by atoms with E-state index in [1.165, 1.54) is 25.4 Å². The van der Waals surface area contributed by atoms with E-state index in [1.54, 1.807) is 24.3 Å². The summed E-state index contributed by atoms with van der Waals surface area (Å²) >= 11 is 0. The quantitative estimate of drug-likeness (QED) is 0.615. The zero-order chi connectivity index (χ0) is 21.9. The van der Waals surface area contributed by atoms with Crippen molar-refractivity contribution >= 4 is 17.5 Å². The molecular weight excluding hydrogens is 401 g/mol. The molecule has 3 aromatic rings. The van der Waals surface area contributed by atoms with Crippen molar-refractivity contribution in [3.63, 3.8) is 0 Å². The lowest BCUT2D eigenvalue weighted by Gasteiger charge is -2.17. The third-order valence-corrected chi connectivity index (χ3v) is 4.08. The summed E-state index contributed by atoms with van der Waals surface area (Å²) in [6, 6.07) is 9.47. The van der Waals surface area contributed by atoms with Crippen LogP contribution in [0.1, 0.15) is 21.5 Å². The predicted molar refractivity (Wildman–Crippen MR) is 103 cm³/mol. The van der Waals surface area contributed by atoms with Gasteiger partial charge < -0.3 is 14.8 Å². The van der Waals surface area contributed by atoms with Crippen LogP contribution in [0.2, 0.25) is 0 Å². The first-order chi connectivity index (χ1) is 14.2. The van der Waals surface area contributed by atoms with Gasteiger partial charge in [0, 0.05) is 11.9 Å². The Kier molecular flexibility index (Phi) is 5.86. The Morgan fingerprint density at radius 1 is 1.07 bits per heavy atom. The maximum absolute atomic E-state index is 13.7. The number of alkyl halides is 3. The van der Waals surface area contributed by atoms with E-state index in [0.717, 1.165) is 12.7 Å². The molecule has 0 amide bonds. The van der Waals surface area contributed by atoms with Gasteiger partial charge in [-0.15, -0.1) is 0 Å². The van der Waals surface area contributed by atoms with Gasteiger partial charge in [-0.3, -0.25) is 4.98 Å². The van der Waals surface area contributed by atoms with Crippen LogP contribution in [0.25, 0.3) is 11.5 Å². The molecule has 156 valence electrons. The number of hydrogen-bond acceptors (Lipinski definition) is 7. The average molecular weight is 418 g/mol. The number of aromatic nitrogens is 3. The van der Waals surface area contributed by atoms with Crippen molar-refractivity contribution in [3.8, 4) is 17.4 Å². The summed E-state index contributed by atoms with van der Waals surface area (Å²) in [6.45, 7) is 1.86. The third kappa shape index (κ3) is 4.48. The molecule has 2 heterocycles. The normalized spacial score (nSPS) is 11.1. The number of methoxy groups -OCH3 is 2. The molecule has 0 aliphatic rings. The molecular formula is C20H17F3N4O3. The maximum atomic E-state index is 13.7. The first kappa shape index (κ1) is 21.0. The van der Waals surface area contributed by atoms with Gasteiger partial charge in [0.1, 0.15) is 5.69 Å². The highest BCUT2D eigenvalue weighted by Gasteiger charge is 2.40. The molecule has 1 N–H and O–H groups in total. The molecule has 0 aliphatic carbocycles. The Hall–Kier alpha value is -3.69. The van der Waals surface area contributed by atoms with Gasteiger partial charge in [0.05, 0.1) is 19.8 Å². The Morgan fingerprint density at radius 3 is 2.37 bits per heavy atom. The number of nitrogens with zero attached hydrogens (tertiary/aromatic N) is 3. The fourth-order valence-electron chi connectivity index (χ4n) is 2.62. The second-order valence-electron chi connectivity index (χ2n) is 6.19. The van der Waals surface area contributed by atoms with Gasteiger partial charge in [-0.25, -0.2) is 9.78 Å². The maximum Gasteiger partial charge on any atom is 0.425 e. The van der Waals surface area contributed by atoms with Gasteiger partial charge >= 0.3 is 12.1 Å². The molecule has 0 bridgehead atoms. The number of halogens is 3. The van der Waals surface area contributed by atoms with Crippen LogP contribution in [-0.2, 0) is 10.9 Å². The molecule has 3 rings (SSSR count). The minimum absolute atomic E-state index is 0.0804. The molecule has 0 spiro atoms. The Labute approximate surface area is 169 Å². The average Bonchev–Trinajstić information content (AvgIpc) is 2.73. The largest absolute Gasteiger partial charge is 0.480 e. The van der Waals surface area contributed by atoms with Crippen LogP contribution < -0.4 is 10.1 Å². The standard InChI is InChI=1S/C20H17F3N4O3/c1-11-4-6-13(7-5-11)25-17-15(20(21,22)23)18(29-2)27-16(26-17)14-10-12(8-9-24-14)19(28)30-3/h4-10H,1-3H3,(H,25,26,27). The van der Waals surface area contributed by atoms with Crippen molar-refractivity contribution in [2.75, 3.05) is 19.5 Å². The van der Waals surface area contributed by atoms with Crippen molar-refractivity contribution in [3.05, 3.63) is 59.3 Å². The minimum atomic E-state index is -4.78. The first-order valence-electron chi connectivity index (χ1n) is 8.64. The Bertz CT molecular complexity index is 1070. The van der Waals surface area contributed by atoms with Gasteiger partial charge in [-0.1, -0.05) is 17.7 Å². The van der Waals surface area contributed by atoms with E-state index in [-0.39, 0.29) is 17.1 Å². The van der Waals surface area contributed by atoms with Gasteiger partial charge in [0.25, 0.3) is 0 Å². The predicted octanol–water partition coefficient (Wildman–Crippen LogP) is 4.40. The van der Waals surface area contributed by atoms with E-state index in [0.29, 0.717) is 5.69 Å². The molecule has 0 atom stereocenters. The number of hydrogen-bond donors (Lipinski definition) is 1. The second-order valence-corrected chi connectivity index (χ2v) is 6.19. The number of pyridine rings is 1. The van der Waals surface area contributed by atoms with Crippen molar-refractivity contribution in [2.45, 2.75) is 13.1 Å².